The fourth-order valence-electron chi connectivity index (χ4n) is 2.56. The minimum absolute atomic E-state index is 0. The van der Waals surface area contributed by atoms with Crippen molar-refractivity contribution in [3.63, 3.8) is 0 Å². The van der Waals surface area contributed by atoms with Crippen LogP contribution in [0.2, 0.25) is 0 Å². The normalized spacial score (nSPS) is 17.0. The quantitative estimate of drug-likeness (QED) is 0.390. The molecule has 0 saturated heterocycles. The molecule has 0 amide bonds. The smallest absolute Gasteiger partial charge is 0.356 e. The largest absolute Gasteiger partial charge is 0.390 e. The van der Waals surface area contributed by atoms with E-state index in [9.17, 15) is 13.2 Å². The summed E-state index contributed by atoms with van der Waals surface area (Å²) in [5.74, 6) is 0.411. The van der Waals surface area contributed by atoms with Crippen molar-refractivity contribution in [2.45, 2.75) is 38.5 Å². The molecule has 1 aromatic heterocycles. The van der Waals surface area contributed by atoms with Gasteiger partial charge in [0, 0.05) is 44.1 Å². The number of hydrogen-bond donors (Lipinski definition) is 2. The number of hydrogen-bond acceptors (Lipinski definition) is 3. The van der Waals surface area contributed by atoms with Gasteiger partial charge in [-0.15, -0.1) is 35.3 Å². The molecule has 9 heteroatoms. The summed E-state index contributed by atoms with van der Waals surface area (Å²) in [6, 6.07) is 2.45. The Balaban J connectivity index is 0.00000288. The summed E-state index contributed by atoms with van der Waals surface area (Å²) < 4.78 is 36.5. The lowest BCUT2D eigenvalue weighted by Crippen LogP contribution is -2.47. The molecule has 2 heterocycles. The average Bonchev–Trinajstić information content (AvgIpc) is 2.96. The molecule has 4 nitrogen and oxygen atoms in total. The van der Waals surface area contributed by atoms with Crippen molar-refractivity contribution in [2.24, 2.45) is 4.99 Å². The molecule has 1 atom stereocenters. The van der Waals surface area contributed by atoms with E-state index in [1.54, 1.807) is 7.05 Å². The van der Waals surface area contributed by atoms with Crippen molar-refractivity contribution in [2.75, 3.05) is 26.7 Å². The third-order valence-electron chi connectivity index (χ3n) is 3.95. The van der Waals surface area contributed by atoms with Crippen LogP contribution in [0.5, 0.6) is 0 Å². The number of alkyl halides is 3. The van der Waals surface area contributed by atoms with E-state index in [0.29, 0.717) is 12.5 Å². The standard InChI is InChI=1S/C15H23F3N4S.HI/c1-11(22-7-3-13-12(10-22)4-8-23-13)9-21-14(19-2)20-6-5-15(16,17)18;/h4,8,11H,3,5-7,9-10H2,1-2H3,(H2,19,20,21);1H. The predicted octanol–water partition coefficient (Wildman–Crippen LogP) is 3.23. The van der Waals surface area contributed by atoms with Crippen LogP contribution in [0.3, 0.4) is 0 Å². The minimum Gasteiger partial charge on any atom is -0.356 e. The molecule has 0 spiro atoms. The van der Waals surface area contributed by atoms with Gasteiger partial charge in [-0.3, -0.25) is 9.89 Å². The van der Waals surface area contributed by atoms with Gasteiger partial charge in [0.25, 0.3) is 0 Å². The van der Waals surface area contributed by atoms with Crippen molar-refractivity contribution in [1.82, 2.24) is 15.5 Å². The zero-order chi connectivity index (χ0) is 16.9. The van der Waals surface area contributed by atoms with Crippen LogP contribution in [0.1, 0.15) is 23.8 Å². The Morgan fingerprint density at radius 1 is 1.42 bits per heavy atom. The van der Waals surface area contributed by atoms with Gasteiger partial charge in [-0.05, 0) is 30.4 Å². The fourth-order valence-corrected chi connectivity index (χ4v) is 3.45. The van der Waals surface area contributed by atoms with Crippen molar-refractivity contribution in [1.29, 1.82) is 0 Å². The predicted molar refractivity (Wildman–Crippen MR) is 103 cm³/mol. The van der Waals surface area contributed by atoms with E-state index in [1.807, 2.05) is 11.3 Å². The maximum atomic E-state index is 12.2. The monoisotopic (exact) mass is 476 g/mol. The van der Waals surface area contributed by atoms with Crippen LogP contribution in [-0.4, -0.2) is 49.8 Å². The van der Waals surface area contributed by atoms with Gasteiger partial charge in [-0.1, -0.05) is 0 Å². The molecule has 0 radical (unpaired) electrons. The SMILES string of the molecule is CN=C(NCCC(F)(F)F)NCC(C)N1CCc2sccc2C1.I. The number of halogens is 4. The number of aliphatic imine (C=N–C) groups is 1. The molecular weight excluding hydrogens is 452 g/mol. The fraction of sp³-hybridized carbons (Fsp3) is 0.667. The molecule has 138 valence electrons. The highest BCUT2D eigenvalue weighted by molar-refractivity contribution is 14.0. The molecule has 24 heavy (non-hydrogen) atoms. The lowest BCUT2D eigenvalue weighted by Gasteiger charge is -2.32. The summed E-state index contributed by atoms with van der Waals surface area (Å²) in [4.78, 5) is 7.81. The molecule has 2 N–H and O–H groups in total. The summed E-state index contributed by atoms with van der Waals surface area (Å²) >= 11 is 1.81. The van der Waals surface area contributed by atoms with Crippen LogP contribution in [0, 0.1) is 0 Å². The second-order valence-electron chi connectivity index (χ2n) is 5.68. The van der Waals surface area contributed by atoms with E-state index in [1.165, 1.54) is 10.4 Å². The Labute approximate surface area is 161 Å². The molecule has 0 saturated carbocycles. The number of thiophene rings is 1. The summed E-state index contributed by atoms with van der Waals surface area (Å²) in [7, 11) is 1.56. The molecule has 0 bridgehead atoms. The molecule has 2 rings (SSSR count). The first-order valence-electron chi connectivity index (χ1n) is 7.69. The average molecular weight is 476 g/mol. The van der Waals surface area contributed by atoms with E-state index < -0.39 is 12.6 Å². The number of fused-ring (bicyclic) bond motifs is 1. The van der Waals surface area contributed by atoms with Crippen molar-refractivity contribution in [3.8, 4) is 0 Å². The van der Waals surface area contributed by atoms with Crippen LogP contribution in [0.25, 0.3) is 0 Å². The Morgan fingerprint density at radius 3 is 2.83 bits per heavy atom. The molecular formula is C15H24F3IN4S. The Bertz CT molecular complexity index is 533. The Kier molecular flexibility index (Phi) is 8.78. The highest BCUT2D eigenvalue weighted by atomic mass is 127. The topological polar surface area (TPSA) is 39.7 Å². The molecule has 1 aliphatic heterocycles. The summed E-state index contributed by atoms with van der Waals surface area (Å²) in [6.45, 7) is 4.54. The van der Waals surface area contributed by atoms with Crippen molar-refractivity contribution >= 4 is 41.3 Å². The maximum Gasteiger partial charge on any atom is 0.390 e. The van der Waals surface area contributed by atoms with Gasteiger partial charge in [0.05, 0.1) is 6.42 Å². The summed E-state index contributed by atoms with van der Waals surface area (Å²) in [6.07, 6.45) is -3.95. The third-order valence-corrected chi connectivity index (χ3v) is 4.97. The van der Waals surface area contributed by atoms with Crippen LogP contribution < -0.4 is 10.6 Å². The second kappa shape index (κ2) is 9.81. The second-order valence-corrected chi connectivity index (χ2v) is 6.68. The molecule has 1 unspecified atom stereocenters. The first kappa shape index (κ1) is 21.5. The number of nitrogens with one attached hydrogen (secondary N) is 2. The Hall–Kier alpha value is -0.550. The van der Waals surface area contributed by atoms with Crippen LogP contribution in [0.4, 0.5) is 13.2 Å². The van der Waals surface area contributed by atoms with Gasteiger partial charge in [-0.2, -0.15) is 13.2 Å². The number of guanidine groups is 1. The van der Waals surface area contributed by atoms with E-state index in [4.69, 9.17) is 0 Å². The third kappa shape index (κ3) is 6.75. The number of nitrogens with zero attached hydrogens (tertiary/aromatic N) is 2. The van der Waals surface area contributed by atoms with Gasteiger partial charge in [0.2, 0.25) is 0 Å². The highest BCUT2D eigenvalue weighted by Crippen LogP contribution is 2.24. The highest BCUT2D eigenvalue weighted by Gasteiger charge is 2.26. The maximum absolute atomic E-state index is 12.2. The van der Waals surface area contributed by atoms with E-state index in [0.717, 1.165) is 19.5 Å². The zero-order valence-corrected chi connectivity index (χ0v) is 17.0. The minimum atomic E-state index is -4.15. The van der Waals surface area contributed by atoms with Gasteiger partial charge in [-0.25, -0.2) is 0 Å². The lowest BCUT2D eigenvalue weighted by molar-refractivity contribution is -0.132. The molecule has 0 fully saturated rings. The van der Waals surface area contributed by atoms with Crippen molar-refractivity contribution < 1.29 is 13.2 Å². The van der Waals surface area contributed by atoms with Gasteiger partial charge >= 0.3 is 6.18 Å². The van der Waals surface area contributed by atoms with E-state index >= 15 is 0 Å². The zero-order valence-electron chi connectivity index (χ0n) is 13.8. The van der Waals surface area contributed by atoms with Crippen LogP contribution in [-0.2, 0) is 13.0 Å². The summed E-state index contributed by atoms with van der Waals surface area (Å²) in [5, 5.41) is 7.93. The Morgan fingerprint density at radius 2 is 2.17 bits per heavy atom. The first-order chi connectivity index (χ1) is 10.9. The molecule has 0 aliphatic carbocycles. The molecule has 1 aliphatic rings. The van der Waals surface area contributed by atoms with E-state index in [2.05, 4.69) is 38.9 Å². The summed E-state index contributed by atoms with van der Waals surface area (Å²) in [5.41, 5.74) is 1.39. The van der Waals surface area contributed by atoms with Crippen LogP contribution in [0.15, 0.2) is 16.4 Å². The van der Waals surface area contributed by atoms with Gasteiger partial charge < -0.3 is 10.6 Å². The first-order valence-corrected chi connectivity index (χ1v) is 8.57. The molecule has 1 aromatic rings. The van der Waals surface area contributed by atoms with Gasteiger partial charge in [0.15, 0.2) is 5.96 Å². The lowest BCUT2D eigenvalue weighted by atomic mass is 10.1. The van der Waals surface area contributed by atoms with Gasteiger partial charge in [0.1, 0.15) is 0 Å². The van der Waals surface area contributed by atoms with E-state index in [-0.39, 0.29) is 36.6 Å². The van der Waals surface area contributed by atoms with Crippen LogP contribution >= 0.6 is 35.3 Å². The number of rotatable bonds is 5. The van der Waals surface area contributed by atoms with Crippen molar-refractivity contribution in [3.05, 3.63) is 21.9 Å². The molecule has 0 aromatic carbocycles.